The van der Waals surface area contributed by atoms with Crippen LogP contribution in [0.1, 0.15) is 12.8 Å². The fourth-order valence-corrected chi connectivity index (χ4v) is 1.83. The first-order chi connectivity index (χ1) is 9.67. The Morgan fingerprint density at radius 2 is 2.30 bits per heavy atom. The summed E-state index contributed by atoms with van der Waals surface area (Å²) in [6.45, 7) is 4.63. The smallest absolute Gasteiger partial charge is 0.319 e. The van der Waals surface area contributed by atoms with Gasteiger partial charge < -0.3 is 20.5 Å². The van der Waals surface area contributed by atoms with Crippen molar-refractivity contribution in [1.82, 2.24) is 5.32 Å². The largest absolute Gasteiger partial charge is 0.489 e. The van der Waals surface area contributed by atoms with Crippen molar-refractivity contribution in [3.63, 3.8) is 0 Å². The van der Waals surface area contributed by atoms with E-state index in [-0.39, 0.29) is 18.1 Å². The van der Waals surface area contributed by atoms with Crippen LogP contribution in [0, 0.1) is 5.41 Å². The van der Waals surface area contributed by atoms with Crippen LogP contribution in [-0.2, 0) is 0 Å². The van der Waals surface area contributed by atoms with Crippen molar-refractivity contribution in [3.8, 4) is 5.75 Å². The molecule has 1 aliphatic carbocycles. The number of hydrogen-bond donors (Lipinski definition) is 3. The summed E-state index contributed by atoms with van der Waals surface area (Å²) < 4.78 is 5.40. The van der Waals surface area contributed by atoms with Crippen molar-refractivity contribution in [2.75, 3.05) is 25.1 Å². The number of ether oxygens (including phenoxy) is 1. The Morgan fingerprint density at radius 1 is 1.50 bits per heavy atom. The van der Waals surface area contributed by atoms with E-state index < -0.39 is 0 Å². The van der Waals surface area contributed by atoms with Gasteiger partial charge in [-0.3, -0.25) is 0 Å². The highest BCUT2D eigenvalue weighted by Gasteiger charge is 2.42. The molecule has 1 fully saturated rings. The molecule has 5 heteroatoms. The summed E-state index contributed by atoms with van der Waals surface area (Å²) in [7, 11) is 0. The number of amides is 2. The first-order valence-corrected chi connectivity index (χ1v) is 6.67. The van der Waals surface area contributed by atoms with Crippen LogP contribution < -0.4 is 15.4 Å². The Balaban J connectivity index is 1.82. The van der Waals surface area contributed by atoms with Crippen molar-refractivity contribution in [2.24, 2.45) is 5.41 Å². The zero-order valence-electron chi connectivity index (χ0n) is 11.4. The molecule has 0 radical (unpaired) electrons. The van der Waals surface area contributed by atoms with Gasteiger partial charge in [-0.05, 0) is 25.0 Å². The Labute approximate surface area is 118 Å². The molecule has 2 rings (SSSR count). The lowest BCUT2D eigenvalue weighted by molar-refractivity contribution is 0.206. The molecule has 5 nitrogen and oxygen atoms in total. The van der Waals surface area contributed by atoms with Crippen LogP contribution in [0.2, 0.25) is 0 Å². The van der Waals surface area contributed by atoms with Gasteiger partial charge in [-0.1, -0.05) is 18.7 Å². The van der Waals surface area contributed by atoms with Gasteiger partial charge in [0.05, 0.1) is 6.61 Å². The summed E-state index contributed by atoms with van der Waals surface area (Å²) in [5.41, 5.74) is 0.574. The number of nitrogens with one attached hydrogen (secondary N) is 2. The highest BCUT2D eigenvalue weighted by Crippen LogP contribution is 2.44. The molecule has 2 amide bonds. The standard InChI is InChI=1S/C15H20N2O3/c1-2-8-20-13-5-3-4-12(9-13)17-14(19)16-10-15(11-18)6-7-15/h2-5,9,18H,1,6-8,10-11H2,(H2,16,17,19). The van der Waals surface area contributed by atoms with Crippen LogP contribution in [0.25, 0.3) is 0 Å². The van der Waals surface area contributed by atoms with E-state index in [0.29, 0.717) is 24.6 Å². The van der Waals surface area contributed by atoms with Crippen LogP contribution >= 0.6 is 0 Å². The molecule has 0 spiro atoms. The Bertz CT molecular complexity index is 484. The van der Waals surface area contributed by atoms with Gasteiger partial charge in [-0.15, -0.1) is 0 Å². The molecule has 0 bridgehead atoms. The predicted octanol–water partition coefficient (Wildman–Crippen LogP) is 2.15. The second-order valence-corrected chi connectivity index (χ2v) is 5.09. The number of aliphatic hydroxyl groups excluding tert-OH is 1. The number of rotatable bonds is 7. The van der Waals surface area contributed by atoms with Crippen molar-refractivity contribution >= 4 is 11.7 Å². The van der Waals surface area contributed by atoms with Crippen LogP contribution in [0.3, 0.4) is 0 Å². The summed E-state index contributed by atoms with van der Waals surface area (Å²) in [6, 6.07) is 6.90. The van der Waals surface area contributed by atoms with Crippen LogP contribution in [0.5, 0.6) is 5.75 Å². The SMILES string of the molecule is C=CCOc1cccc(NC(=O)NCC2(CO)CC2)c1. The van der Waals surface area contributed by atoms with Gasteiger partial charge in [0, 0.05) is 23.7 Å². The topological polar surface area (TPSA) is 70.6 Å². The quantitative estimate of drug-likeness (QED) is 0.668. The normalized spacial score (nSPS) is 15.2. The molecule has 3 N–H and O–H groups in total. The number of carbonyl (C=O) groups excluding carboxylic acids is 1. The number of carbonyl (C=O) groups is 1. The monoisotopic (exact) mass is 276 g/mol. The first-order valence-electron chi connectivity index (χ1n) is 6.67. The Kier molecular flexibility index (Phi) is 4.63. The van der Waals surface area contributed by atoms with E-state index in [9.17, 15) is 9.90 Å². The van der Waals surface area contributed by atoms with Crippen molar-refractivity contribution in [3.05, 3.63) is 36.9 Å². The van der Waals surface area contributed by atoms with Gasteiger partial charge in [-0.25, -0.2) is 4.79 Å². The van der Waals surface area contributed by atoms with Gasteiger partial charge in [0.15, 0.2) is 0 Å². The molecule has 0 atom stereocenters. The molecular weight excluding hydrogens is 256 g/mol. The van der Waals surface area contributed by atoms with Crippen LogP contribution in [-0.4, -0.2) is 30.9 Å². The fourth-order valence-electron chi connectivity index (χ4n) is 1.83. The third-order valence-corrected chi connectivity index (χ3v) is 3.38. The predicted molar refractivity (Wildman–Crippen MR) is 77.9 cm³/mol. The third-order valence-electron chi connectivity index (χ3n) is 3.38. The molecule has 0 aliphatic heterocycles. The van der Waals surface area contributed by atoms with Gasteiger partial charge in [0.25, 0.3) is 0 Å². The number of benzene rings is 1. The van der Waals surface area contributed by atoms with Crippen LogP contribution in [0.4, 0.5) is 10.5 Å². The molecule has 1 aliphatic rings. The maximum Gasteiger partial charge on any atom is 0.319 e. The number of aliphatic hydroxyl groups is 1. The second kappa shape index (κ2) is 6.43. The van der Waals surface area contributed by atoms with Gasteiger partial charge >= 0.3 is 6.03 Å². The maximum atomic E-state index is 11.8. The van der Waals surface area contributed by atoms with E-state index in [1.165, 1.54) is 0 Å². The highest BCUT2D eigenvalue weighted by atomic mass is 16.5. The molecule has 0 saturated heterocycles. The molecule has 1 saturated carbocycles. The minimum Gasteiger partial charge on any atom is -0.489 e. The van der Waals surface area contributed by atoms with Gasteiger partial charge in [0.2, 0.25) is 0 Å². The van der Waals surface area contributed by atoms with Crippen LogP contribution in [0.15, 0.2) is 36.9 Å². The van der Waals surface area contributed by atoms with E-state index in [1.807, 2.05) is 12.1 Å². The number of hydrogen-bond acceptors (Lipinski definition) is 3. The lowest BCUT2D eigenvalue weighted by Gasteiger charge is -2.13. The number of urea groups is 1. The van der Waals surface area contributed by atoms with Crippen molar-refractivity contribution < 1.29 is 14.6 Å². The maximum absolute atomic E-state index is 11.8. The van der Waals surface area contributed by atoms with E-state index in [4.69, 9.17) is 4.74 Å². The summed E-state index contributed by atoms with van der Waals surface area (Å²) >= 11 is 0. The average molecular weight is 276 g/mol. The molecule has 108 valence electrons. The lowest BCUT2D eigenvalue weighted by atomic mass is 10.1. The van der Waals surface area contributed by atoms with Gasteiger partial charge in [0.1, 0.15) is 12.4 Å². The molecule has 0 heterocycles. The minimum atomic E-state index is -0.273. The average Bonchev–Trinajstić information content (AvgIpc) is 3.24. The lowest BCUT2D eigenvalue weighted by Crippen LogP contribution is -2.35. The van der Waals surface area contributed by atoms with Gasteiger partial charge in [-0.2, -0.15) is 0 Å². The summed E-state index contributed by atoms with van der Waals surface area (Å²) in [5, 5.41) is 14.7. The van der Waals surface area contributed by atoms with E-state index >= 15 is 0 Å². The third kappa shape index (κ3) is 3.99. The highest BCUT2D eigenvalue weighted by molar-refractivity contribution is 5.89. The zero-order chi connectivity index (χ0) is 14.4. The van der Waals surface area contributed by atoms with E-state index in [0.717, 1.165) is 12.8 Å². The Morgan fingerprint density at radius 3 is 2.95 bits per heavy atom. The summed E-state index contributed by atoms with van der Waals surface area (Å²) in [5.74, 6) is 0.678. The zero-order valence-corrected chi connectivity index (χ0v) is 11.4. The minimum absolute atomic E-state index is 0.0910. The molecule has 1 aromatic carbocycles. The van der Waals surface area contributed by atoms with Crippen molar-refractivity contribution in [1.29, 1.82) is 0 Å². The molecular formula is C15H20N2O3. The van der Waals surface area contributed by atoms with E-state index in [1.54, 1.807) is 18.2 Å². The Hall–Kier alpha value is -2.01. The number of anilines is 1. The summed E-state index contributed by atoms with van der Waals surface area (Å²) in [6.07, 6.45) is 3.60. The molecule has 20 heavy (non-hydrogen) atoms. The summed E-state index contributed by atoms with van der Waals surface area (Å²) in [4.78, 5) is 11.8. The second-order valence-electron chi connectivity index (χ2n) is 5.09. The van der Waals surface area contributed by atoms with E-state index in [2.05, 4.69) is 17.2 Å². The fraction of sp³-hybridized carbons (Fsp3) is 0.400. The first kappa shape index (κ1) is 14.4. The molecule has 0 aromatic heterocycles. The van der Waals surface area contributed by atoms with Crippen molar-refractivity contribution in [2.45, 2.75) is 12.8 Å². The molecule has 1 aromatic rings. The molecule has 0 unspecified atom stereocenters.